The Hall–Kier alpha value is -2.65. The van der Waals surface area contributed by atoms with Crippen LogP contribution in [0.2, 0.25) is 0 Å². The average Bonchev–Trinajstić information content (AvgIpc) is 3.09. The van der Waals surface area contributed by atoms with Crippen molar-refractivity contribution in [3.8, 4) is 11.4 Å². The number of carbonyl (C=O) groups is 1. The monoisotopic (exact) mass is 444 g/mol. The average molecular weight is 445 g/mol. The van der Waals surface area contributed by atoms with Gasteiger partial charge in [0, 0.05) is 24.1 Å². The van der Waals surface area contributed by atoms with E-state index in [1.807, 2.05) is 29.7 Å². The molecule has 0 atom stereocenters. The van der Waals surface area contributed by atoms with E-state index in [4.69, 9.17) is 0 Å². The first-order valence-electron chi connectivity index (χ1n) is 9.51. The zero-order valence-electron chi connectivity index (χ0n) is 17.1. The van der Waals surface area contributed by atoms with Gasteiger partial charge in [0.15, 0.2) is 20.8 Å². The molecular weight excluding hydrogens is 420 g/mol. The summed E-state index contributed by atoms with van der Waals surface area (Å²) >= 11 is 1.32. The Morgan fingerprint density at radius 3 is 2.50 bits per heavy atom. The minimum atomic E-state index is -3.26. The van der Waals surface area contributed by atoms with Crippen molar-refractivity contribution < 1.29 is 13.2 Å². The molecule has 0 unspecified atom stereocenters. The van der Waals surface area contributed by atoms with E-state index in [2.05, 4.69) is 28.5 Å². The molecule has 3 rings (SSSR count). The smallest absolute Gasteiger partial charge is 0.234 e. The predicted molar refractivity (Wildman–Crippen MR) is 119 cm³/mol. The molecule has 7 nitrogen and oxygen atoms in total. The summed E-state index contributed by atoms with van der Waals surface area (Å²) in [5.41, 5.74) is 2.69. The van der Waals surface area contributed by atoms with Gasteiger partial charge in [0.1, 0.15) is 0 Å². The summed E-state index contributed by atoms with van der Waals surface area (Å²) in [4.78, 5) is 12.6. The Morgan fingerprint density at radius 2 is 1.87 bits per heavy atom. The molecule has 1 amide bonds. The number of rotatable bonds is 8. The van der Waals surface area contributed by atoms with Crippen molar-refractivity contribution in [3.05, 3.63) is 54.1 Å². The highest BCUT2D eigenvalue weighted by Gasteiger charge is 2.15. The number of nitrogens with one attached hydrogen (secondary N) is 1. The summed E-state index contributed by atoms with van der Waals surface area (Å²) in [7, 11) is -3.26. The van der Waals surface area contributed by atoms with Crippen molar-refractivity contribution in [1.29, 1.82) is 0 Å². The van der Waals surface area contributed by atoms with E-state index in [1.165, 1.54) is 23.9 Å². The molecule has 1 N–H and O–H groups in total. The lowest BCUT2D eigenvalue weighted by atomic mass is 10.1. The molecule has 0 radical (unpaired) electrons. The maximum Gasteiger partial charge on any atom is 0.234 e. The first-order chi connectivity index (χ1) is 14.3. The molecule has 2 aromatic carbocycles. The lowest BCUT2D eigenvalue weighted by molar-refractivity contribution is -0.113. The Labute approximate surface area is 180 Å². The molecule has 3 aromatic rings. The second-order valence-corrected chi connectivity index (χ2v) is 9.92. The molecule has 0 aliphatic carbocycles. The number of hydrogen-bond acceptors (Lipinski definition) is 6. The molecule has 0 bridgehead atoms. The number of carbonyl (C=O) groups excluding carboxylic acids is 1. The molecule has 0 aliphatic heterocycles. The van der Waals surface area contributed by atoms with Gasteiger partial charge in [0.25, 0.3) is 0 Å². The standard InChI is InChI=1S/C21H24N4O3S2/c1-4-12-25-20(16-7-5-6-15(2)13-16)23-24-21(25)29-14-19(26)22-17-8-10-18(11-9-17)30(3,27)28/h5-11,13H,4,12,14H2,1-3H3,(H,22,26). The highest BCUT2D eigenvalue weighted by atomic mass is 32.2. The maximum absolute atomic E-state index is 12.4. The molecule has 158 valence electrons. The van der Waals surface area contributed by atoms with Crippen LogP contribution in [-0.2, 0) is 21.2 Å². The van der Waals surface area contributed by atoms with Gasteiger partial charge in [-0.1, -0.05) is 42.4 Å². The Bertz CT molecular complexity index is 1140. The van der Waals surface area contributed by atoms with E-state index in [0.717, 1.165) is 36.2 Å². The van der Waals surface area contributed by atoms with Crippen molar-refractivity contribution in [2.24, 2.45) is 0 Å². The summed E-state index contributed by atoms with van der Waals surface area (Å²) in [5.74, 6) is 0.763. The van der Waals surface area contributed by atoms with E-state index < -0.39 is 9.84 Å². The van der Waals surface area contributed by atoms with Crippen molar-refractivity contribution in [1.82, 2.24) is 14.8 Å². The third kappa shape index (κ3) is 5.48. The molecule has 0 saturated carbocycles. The van der Waals surface area contributed by atoms with Gasteiger partial charge < -0.3 is 9.88 Å². The number of aryl methyl sites for hydroxylation is 1. The highest BCUT2D eigenvalue weighted by molar-refractivity contribution is 7.99. The van der Waals surface area contributed by atoms with Crippen LogP contribution in [0.25, 0.3) is 11.4 Å². The fraction of sp³-hybridized carbons (Fsp3) is 0.286. The van der Waals surface area contributed by atoms with Crippen LogP contribution in [0.15, 0.2) is 58.6 Å². The quantitative estimate of drug-likeness (QED) is 0.531. The summed E-state index contributed by atoms with van der Waals surface area (Å²) in [6, 6.07) is 14.2. The Balaban J connectivity index is 1.68. The van der Waals surface area contributed by atoms with Gasteiger partial charge in [0.2, 0.25) is 5.91 Å². The molecule has 30 heavy (non-hydrogen) atoms. The summed E-state index contributed by atoms with van der Waals surface area (Å²) < 4.78 is 25.1. The second-order valence-electron chi connectivity index (χ2n) is 6.96. The molecule has 1 aromatic heterocycles. The number of hydrogen-bond donors (Lipinski definition) is 1. The van der Waals surface area contributed by atoms with Gasteiger partial charge in [-0.3, -0.25) is 4.79 Å². The van der Waals surface area contributed by atoms with Gasteiger partial charge >= 0.3 is 0 Å². The lowest BCUT2D eigenvalue weighted by Gasteiger charge is -2.10. The zero-order valence-corrected chi connectivity index (χ0v) is 18.8. The van der Waals surface area contributed by atoms with Crippen molar-refractivity contribution in [3.63, 3.8) is 0 Å². The number of thioether (sulfide) groups is 1. The second kappa shape index (κ2) is 9.44. The van der Waals surface area contributed by atoms with Crippen molar-refractivity contribution in [2.75, 3.05) is 17.3 Å². The fourth-order valence-corrected chi connectivity index (χ4v) is 4.33. The number of aromatic nitrogens is 3. The summed E-state index contributed by atoms with van der Waals surface area (Å²) in [6.45, 7) is 4.88. The fourth-order valence-electron chi connectivity index (χ4n) is 2.93. The van der Waals surface area contributed by atoms with E-state index in [0.29, 0.717) is 10.8 Å². The van der Waals surface area contributed by atoms with Gasteiger partial charge in [-0.25, -0.2) is 8.42 Å². The molecule has 1 heterocycles. The van der Waals surface area contributed by atoms with Crippen LogP contribution in [0.4, 0.5) is 5.69 Å². The van der Waals surface area contributed by atoms with E-state index in [-0.39, 0.29) is 16.6 Å². The number of sulfone groups is 1. The van der Waals surface area contributed by atoms with Crippen LogP contribution in [0.1, 0.15) is 18.9 Å². The predicted octanol–water partition coefficient (Wildman–Crippen LogP) is 3.80. The Morgan fingerprint density at radius 1 is 1.13 bits per heavy atom. The number of amides is 1. The number of nitrogens with zero attached hydrogens (tertiary/aromatic N) is 3. The zero-order chi connectivity index (χ0) is 21.7. The summed E-state index contributed by atoms with van der Waals surface area (Å²) in [5, 5.41) is 12.1. The first-order valence-corrected chi connectivity index (χ1v) is 12.4. The third-order valence-electron chi connectivity index (χ3n) is 4.34. The number of anilines is 1. The summed E-state index contributed by atoms with van der Waals surface area (Å²) in [6.07, 6.45) is 2.07. The van der Waals surface area contributed by atoms with Crippen LogP contribution in [0.5, 0.6) is 0 Å². The molecule has 0 aliphatic rings. The first kappa shape index (κ1) is 22.0. The lowest BCUT2D eigenvalue weighted by Crippen LogP contribution is -2.15. The van der Waals surface area contributed by atoms with E-state index in [1.54, 1.807) is 12.1 Å². The highest BCUT2D eigenvalue weighted by Crippen LogP contribution is 2.25. The molecule has 9 heteroatoms. The molecule has 0 fully saturated rings. The van der Waals surface area contributed by atoms with Gasteiger partial charge in [0.05, 0.1) is 10.6 Å². The maximum atomic E-state index is 12.4. The minimum Gasteiger partial charge on any atom is -0.325 e. The van der Waals surface area contributed by atoms with Crippen LogP contribution in [-0.4, -0.2) is 41.1 Å². The van der Waals surface area contributed by atoms with Crippen LogP contribution >= 0.6 is 11.8 Å². The van der Waals surface area contributed by atoms with Crippen molar-refractivity contribution in [2.45, 2.75) is 36.9 Å². The minimum absolute atomic E-state index is 0.170. The van der Waals surface area contributed by atoms with E-state index in [9.17, 15) is 13.2 Å². The van der Waals surface area contributed by atoms with Gasteiger partial charge in [-0.05, 0) is 43.7 Å². The van der Waals surface area contributed by atoms with Crippen LogP contribution in [0.3, 0.4) is 0 Å². The van der Waals surface area contributed by atoms with Crippen LogP contribution in [0, 0.1) is 6.92 Å². The van der Waals surface area contributed by atoms with Gasteiger partial charge in [-0.2, -0.15) is 0 Å². The Kier molecular flexibility index (Phi) is 6.94. The SMILES string of the molecule is CCCn1c(SCC(=O)Nc2ccc(S(C)(=O)=O)cc2)nnc1-c1cccc(C)c1. The third-order valence-corrected chi connectivity index (χ3v) is 6.43. The molecule has 0 spiro atoms. The molecule has 0 saturated heterocycles. The normalized spacial score (nSPS) is 11.4. The molecular formula is C21H24N4O3S2. The van der Waals surface area contributed by atoms with Gasteiger partial charge in [-0.15, -0.1) is 10.2 Å². The number of benzene rings is 2. The largest absolute Gasteiger partial charge is 0.325 e. The van der Waals surface area contributed by atoms with E-state index >= 15 is 0 Å². The van der Waals surface area contributed by atoms with Crippen molar-refractivity contribution >= 4 is 33.2 Å². The topological polar surface area (TPSA) is 94.0 Å². The van der Waals surface area contributed by atoms with Crippen LogP contribution < -0.4 is 5.32 Å².